The molecule has 2 aromatic heterocycles. The number of fused-ring (bicyclic) bond motifs is 1. The summed E-state index contributed by atoms with van der Waals surface area (Å²) in [6.45, 7) is 16.8. The highest BCUT2D eigenvalue weighted by atomic mass is 35.5. The maximum Gasteiger partial charge on any atom is 0.146 e. The highest BCUT2D eigenvalue weighted by Gasteiger charge is 2.25. The molecule has 0 radical (unpaired) electrons. The van der Waals surface area contributed by atoms with E-state index in [1.807, 2.05) is 44.2 Å². The summed E-state index contributed by atoms with van der Waals surface area (Å²) in [5, 5.41) is 3.99. The standard InChI is InChI=1S/C26H29ClN4O.C2H6.C2H4/c1-4-17(3)8-10-21-18(5-2)13-23-25(21)26(30-16-29-23)31-19-9-11-24(22(27)14-19)32-20-7-6-12-28-15-20;2*1-2/h6-7,9,11-12,14-17H,4-5,8,10,13H2,1-3H3,(H,29,30,31);1-2H3;1-2H2. The van der Waals surface area contributed by atoms with E-state index in [4.69, 9.17) is 16.3 Å². The number of aromatic nitrogens is 3. The minimum atomic E-state index is 0.520. The van der Waals surface area contributed by atoms with Crippen LogP contribution in [0.15, 0.2) is 67.8 Å². The summed E-state index contributed by atoms with van der Waals surface area (Å²) in [6, 6.07) is 9.34. The third-order valence-electron chi connectivity index (χ3n) is 6.10. The van der Waals surface area contributed by atoms with E-state index >= 15 is 0 Å². The Morgan fingerprint density at radius 1 is 1.14 bits per heavy atom. The van der Waals surface area contributed by atoms with E-state index in [0.29, 0.717) is 22.4 Å². The molecule has 1 aliphatic carbocycles. The zero-order chi connectivity index (χ0) is 26.5. The number of pyridine rings is 1. The fourth-order valence-corrected chi connectivity index (χ4v) is 4.24. The van der Waals surface area contributed by atoms with Gasteiger partial charge in [0, 0.05) is 23.9 Å². The van der Waals surface area contributed by atoms with Crippen molar-refractivity contribution < 1.29 is 4.74 Å². The largest absolute Gasteiger partial charge is 0.454 e. The number of hydrogen-bond acceptors (Lipinski definition) is 5. The molecule has 1 atom stereocenters. The molecule has 0 fully saturated rings. The van der Waals surface area contributed by atoms with Gasteiger partial charge in [-0.15, -0.1) is 13.2 Å². The monoisotopic (exact) mass is 506 g/mol. The molecule has 1 aliphatic rings. The second kappa shape index (κ2) is 15.0. The zero-order valence-corrected chi connectivity index (χ0v) is 23.0. The topological polar surface area (TPSA) is 59.9 Å². The Kier molecular flexibility index (Phi) is 12.1. The van der Waals surface area contributed by atoms with E-state index in [1.165, 1.54) is 29.6 Å². The highest BCUT2D eigenvalue weighted by molar-refractivity contribution is 6.32. The molecule has 0 spiro atoms. The molecule has 192 valence electrons. The molecule has 0 saturated carbocycles. The van der Waals surface area contributed by atoms with Crippen molar-refractivity contribution in [2.24, 2.45) is 5.92 Å². The van der Waals surface area contributed by atoms with Crippen molar-refractivity contribution in [3.63, 3.8) is 0 Å². The molecule has 4 rings (SSSR count). The van der Waals surface area contributed by atoms with Crippen molar-refractivity contribution in [2.45, 2.75) is 66.7 Å². The highest BCUT2D eigenvalue weighted by Crippen LogP contribution is 2.41. The molecule has 0 amide bonds. The lowest BCUT2D eigenvalue weighted by Gasteiger charge is -2.16. The molecule has 1 aromatic carbocycles. The van der Waals surface area contributed by atoms with Gasteiger partial charge in [-0.05, 0) is 61.1 Å². The molecule has 36 heavy (non-hydrogen) atoms. The molecule has 1 N–H and O–H groups in total. The van der Waals surface area contributed by atoms with Crippen molar-refractivity contribution in [1.29, 1.82) is 0 Å². The molecule has 0 aliphatic heterocycles. The number of halogens is 1. The van der Waals surface area contributed by atoms with Gasteiger partial charge in [0.05, 0.1) is 16.9 Å². The van der Waals surface area contributed by atoms with E-state index in [2.05, 4.69) is 54.2 Å². The maximum absolute atomic E-state index is 6.51. The molecule has 5 nitrogen and oxygen atoms in total. The zero-order valence-electron chi connectivity index (χ0n) is 22.3. The minimum absolute atomic E-state index is 0.520. The Hall–Kier alpha value is -3.18. The first-order chi connectivity index (χ1) is 17.6. The lowest BCUT2D eigenvalue weighted by atomic mass is 9.94. The van der Waals surface area contributed by atoms with Crippen molar-refractivity contribution in [3.05, 3.63) is 84.1 Å². The number of ether oxygens (including phenoxy) is 1. The van der Waals surface area contributed by atoms with Gasteiger partial charge in [-0.3, -0.25) is 4.98 Å². The first-order valence-corrected chi connectivity index (χ1v) is 13.2. The van der Waals surface area contributed by atoms with Crippen LogP contribution in [0.3, 0.4) is 0 Å². The van der Waals surface area contributed by atoms with Crippen LogP contribution in [0.25, 0.3) is 5.57 Å². The summed E-state index contributed by atoms with van der Waals surface area (Å²) in [6.07, 6.45) is 10.4. The van der Waals surface area contributed by atoms with Crippen LogP contribution in [0.4, 0.5) is 11.5 Å². The summed E-state index contributed by atoms with van der Waals surface area (Å²) in [5.74, 6) is 2.78. The minimum Gasteiger partial charge on any atom is -0.454 e. The van der Waals surface area contributed by atoms with E-state index < -0.39 is 0 Å². The molecule has 1 unspecified atom stereocenters. The number of anilines is 2. The van der Waals surface area contributed by atoms with Crippen LogP contribution in [-0.2, 0) is 6.42 Å². The molecule has 0 bridgehead atoms. The van der Waals surface area contributed by atoms with Crippen molar-refractivity contribution >= 4 is 28.7 Å². The molecular weight excluding hydrogens is 468 g/mol. The van der Waals surface area contributed by atoms with Gasteiger partial charge in [-0.2, -0.15) is 0 Å². The maximum atomic E-state index is 6.51. The van der Waals surface area contributed by atoms with Crippen LogP contribution in [0.1, 0.15) is 71.6 Å². The number of nitrogens with zero attached hydrogens (tertiary/aromatic N) is 3. The lowest BCUT2D eigenvalue weighted by Crippen LogP contribution is -2.02. The summed E-state index contributed by atoms with van der Waals surface area (Å²) in [4.78, 5) is 13.3. The van der Waals surface area contributed by atoms with E-state index in [9.17, 15) is 0 Å². The lowest BCUT2D eigenvalue weighted by molar-refractivity contribution is 0.480. The molecule has 3 aromatic rings. The number of nitrogens with one attached hydrogen (secondary N) is 1. The van der Waals surface area contributed by atoms with Gasteiger partial charge in [0.15, 0.2) is 0 Å². The third-order valence-corrected chi connectivity index (χ3v) is 6.40. The van der Waals surface area contributed by atoms with Crippen LogP contribution in [0, 0.1) is 5.92 Å². The van der Waals surface area contributed by atoms with Crippen molar-refractivity contribution in [1.82, 2.24) is 15.0 Å². The average molecular weight is 507 g/mol. The van der Waals surface area contributed by atoms with E-state index in [1.54, 1.807) is 18.7 Å². The fourth-order valence-electron chi connectivity index (χ4n) is 4.02. The van der Waals surface area contributed by atoms with Gasteiger partial charge in [-0.25, -0.2) is 9.97 Å². The van der Waals surface area contributed by atoms with Crippen LogP contribution in [0.2, 0.25) is 5.02 Å². The number of rotatable bonds is 9. The summed E-state index contributed by atoms with van der Waals surface area (Å²) >= 11 is 6.51. The Morgan fingerprint density at radius 3 is 2.56 bits per heavy atom. The first kappa shape index (κ1) is 29.1. The van der Waals surface area contributed by atoms with Crippen molar-refractivity contribution in [2.75, 3.05) is 5.32 Å². The Morgan fingerprint density at radius 2 is 1.92 bits per heavy atom. The van der Waals surface area contributed by atoms with Crippen LogP contribution >= 0.6 is 11.6 Å². The predicted octanol–water partition coefficient (Wildman–Crippen LogP) is 9.44. The third kappa shape index (κ3) is 7.41. The quantitative estimate of drug-likeness (QED) is 0.293. The van der Waals surface area contributed by atoms with Crippen LogP contribution in [0.5, 0.6) is 11.5 Å². The summed E-state index contributed by atoms with van der Waals surface area (Å²) in [5.41, 5.74) is 6.03. The van der Waals surface area contributed by atoms with Crippen molar-refractivity contribution in [3.8, 4) is 11.5 Å². The molecule has 0 saturated heterocycles. The van der Waals surface area contributed by atoms with Gasteiger partial charge in [0.2, 0.25) is 0 Å². The van der Waals surface area contributed by atoms with Crippen LogP contribution in [-0.4, -0.2) is 15.0 Å². The van der Waals surface area contributed by atoms with Gasteiger partial charge in [0.25, 0.3) is 0 Å². The SMILES string of the molecule is C=C.CC.CCC1=C(CCC(C)CC)c2c(ncnc2Nc2ccc(Oc3cccnc3)c(Cl)c2)C1. The number of benzene rings is 1. The first-order valence-electron chi connectivity index (χ1n) is 12.8. The van der Waals surface area contributed by atoms with Gasteiger partial charge in [-0.1, -0.05) is 58.2 Å². The van der Waals surface area contributed by atoms with Gasteiger partial charge >= 0.3 is 0 Å². The molecular formula is C30H39ClN4O. The summed E-state index contributed by atoms with van der Waals surface area (Å²) < 4.78 is 5.84. The Labute approximate surface area is 221 Å². The number of allylic oxidation sites excluding steroid dienone is 2. The van der Waals surface area contributed by atoms with Gasteiger partial charge in [0.1, 0.15) is 23.6 Å². The molecule has 2 heterocycles. The molecule has 6 heteroatoms. The van der Waals surface area contributed by atoms with Gasteiger partial charge < -0.3 is 10.1 Å². The summed E-state index contributed by atoms with van der Waals surface area (Å²) in [7, 11) is 0. The number of hydrogen-bond donors (Lipinski definition) is 1. The van der Waals surface area contributed by atoms with E-state index in [0.717, 1.165) is 36.5 Å². The Bertz CT molecular complexity index is 1130. The fraction of sp³-hybridized carbons (Fsp3) is 0.367. The second-order valence-corrected chi connectivity index (χ2v) is 8.68. The normalized spacial score (nSPS) is 12.5. The second-order valence-electron chi connectivity index (χ2n) is 8.27. The van der Waals surface area contributed by atoms with E-state index in [-0.39, 0.29) is 0 Å². The average Bonchev–Trinajstić information content (AvgIpc) is 3.30. The predicted molar refractivity (Wildman–Crippen MR) is 153 cm³/mol. The van der Waals surface area contributed by atoms with Crippen LogP contribution < -0.4 is 10.1 Å². The Balaban J connectivity index is 0.00000109. The smallest absolute Gasteiger partial charge is 0.146 e.